The van der Waals surface area contributed by atoms with Crippen LogP contribution in [0.1, 0.15) is 22.3 Å². The first kappa shape index (κ1) is 25.6. The summed E-state index contributed by atoms with van der Waals surface area (Å²) in [7, 11) is 3.37. The number of amides is 1. The molecule has 0 radical (unpaired) electrons. The second-order valence-corrected chi connectivity index (χ2v) is 8.35. The lowest BCUT2D eigenvalue weighted by Crippen LogP contribution is -2.17. The highest BCUT2D eigenvalue weighted by molar-refractivity contribution is 6.33. The van der Waals surface area contributed by atoms with Crippen molar-refractivity contribution in [2.75, 3.05) is 32.3 Å². The Bertz CT molecular complexity index is 1200. The van der Waals surface area contributed by atoms with Gasteiger partial charge in [0.2, 0.25) is 5.91 Å². The largest absolute Gasteiger partial charge is 0.491 e. The number of ether oxygens (including phenoxy) is 2. The van der Waals surface area contributed by atoms with E-state index in [-0.39, 0.29) is 10.6 Å². The lowest BCUT2D eigenvalue weighted by Gasteiger charge is -2.26. The summed E-state index contributed by atoms with van der Waals surface area (Å²) >= 11 is 12.7. The summed E-state index contributed by atoms with van der Waals surface area (Å²) in [6.45, 7) is 4.98. The van der Waals surface area contributed by atoms with E-state index in [0.717, 1.165) is 5.56 Å². The van der Waals surface area contributed by atoms with Crippen LogP contribution in [0.2, 0.25) is 10.0 Å². The minimum atomic E-state index is -0.552. The van der Waals surface area contributed by atoms with E-state index in [1.54, 1.807) is 49.4 Å². The zero-order valence-corrected chi connectivity index (χ0v) is 20.4. The number of benzene rings is 3. The zero-order chi connectivity index (χ0) is 24.8. The molecule has 0 aliphatic heterocycles. The summed E-state index contributed by atoms with van der Waals surface area (Å²) < 4.78 is 25.7. The first-order valence-corrected chi connectivity index (χ1v) is 11.2. The summed E-state index contributed by atoms with van der Waals surface area (Å²) in [5.41, 5.74) is 8.35. The number of methoxy groups -OCH3 is 1. The van der Waals surface area contributed by atoms with E-state index in [2.05, 4.69) is 6.58 Å². The van der Waals surface area contributed by atoms with Crippen LogP contribution in [0.3, 0.4) is 0 Å². The number of carbonyl (C=O) groups excluding carboxylic acids is 1. The molecule has 3 rings (SSSR count). The van der Waals surface area contributed by atoms with E-state index in [1.165, 1.54) is 12.1 Å². The fraction of sp³-hybridized carbons (Fsp3) is 0.192. The summed E-state index contributed by atoms with van der Waals surface area (Å²) in [6, 6.07) is 14.8. The van der Waals surface area contributed by atoms with Gasteiger partial charge in [-0.2, -0.15) is 0 Å². The highest BCUT2D eigenvalue weighted by Crippen LogP contribution is 2.39. The Labute approximate surface area is 208 Å². The fourth-order valence-electron chi connectivity index (χ4n) is 3.45. The second-order valence-electron chi connectivity index (χ2n) is 7.54. The number of hydrogen-bond donors (Lipinski definition) is 1. The van der Waals surface area contributed by atoms with Crippen molar-refractivity contribution in [1.29, 1.82) is 0 Å². The van der Waals surface area contributed by atoms with Crippen LogP contribution in [0, 0.1) is 5.82 Å². The van der Waals surface area contributed by atoms with Gasteiger partial charge in [0.25, 0.3) is 0 Å². The van der Waals surface area contributed by atoms with E-state index < -0.39 is 11.7 Å². The van der Waals surface area contributed by atoms with Gasteiger partial charge in [-0.25, -0.2) is 4.39 Å². The fourth-order valence-corrected chi connectivity index (χ4v) is 3.94. The zero-order valence-electron chi connectivity index (χ0n) is 18.9. The average Bonchev–Trinajstić information content (AvgIpc) is 2.81. The second kappa shape index (κ2) is 11.4. The van der Waals surface area contributed by atoms with Crippen LogP contribution in [-0.4, -0.2) is 33.3 Å². The summed E-state index contributed by atoms with van der Waals surface area (Å²) in [6.07, 6.45) is 0.669. The molecule has 2 N–H and O–H groups in total. The van der Waals surface area contributed by atoms with Gasteiger partial charge in [-0.05, 0) is 48.0 Å². The molecule has 3 aromatic rings. The predicted molar refractivity (Wildman–Crippen MR) is 136 cm³/mol. The van der Waals surface area contributed by atoms with Crippen molar-refractivity contribution in [3.8, 4) is 16.9 Å². The number of nitrogens with zero attached hydrogens (tertiary/aromatic N) is 1. The van der Waals surface area contributed by atoms with Crippen molar-refractivity contribution in [3.05, 3.63) is 88.2 Å². The van der Waals surface area contributed by atoms with Crippen LogP contribution < -0.4 is 15.4 Å². The summed E-state index contributed by atoms with van der Waals surface area (Å²) in [5.74, 6) is -0.507. The monoisotopic (exact) mass is 502 g/mol. The number of primary amides is 1. The van der Waals surface area contributed by atoms with Crippen molar-refractivity contribution < 1.29 is 18.7 Å². The van der Waals surface area contributed by atoms with Crippen molar-refractivity contribution in [2.24, 2.45) is 5.73 Å². The molecule has 0 saturated carbocycles. The Balaban J connectivity index is 2.04. The summed E-state index contributed by atoms with van der Waals surface area (Å²) in [5, 5.41) is 0.713. The van der Waals surface area contributed by atoms with Gasteiger partial charge in [-0.1, -0.05) is 41.9 Å². The van der Waals surface area contributed by atoms with E-state index in [4.69, 9.17) is 38.4 Å². The molecule has 5 nitrogen and oxygen atoms in total. The first-order chi connectivity index (χ1) is 16.2. The Morgan fingerprint density at radius 3 is 2.53 bits per heavy atom. The Kier molecular flexibility index (Phi) is 8.56. The summed E-state index contributed by atoms with van der Waals surface area (Å²) in [4.78, 5) is 13.4. The molecule has 0 atom stereocenters. The molecule has 0 saturated heterocycles. The van der Waals surface area contributed by atoms with Gasteiger partial charge >= 0.3 is 0 Å². The molecule has 0 aliphatic carbocycles. The third-order valence-electron chi connectivity index (χ3n) is 5.29. The Hall–Kier alpha value is -3.06. The number of rotatable bonds is 10. The molecule has 0 spiro atoms. The third kappa shape index (κ3) is 5.70. The van der Waals surface area contributed by atoms with Crippen molar-refractivity contribution >= 4 is 40.5 Å². The standard InChI is InChI=1S/C26H25Cl2FN2O3/c1-16(25-21(28)6-4-7-22(25)29)31(2)23-11-9-17(15-24(23)34-13-5-12-33-3)19-14-18(26(30)32)8-10-20(19)27/h4,6-11,14-15H,1,5,12-13H2,2-3H3,(H2,30,32). The molecule has 3 aromatic carbocycles. The topological polar surface area (TPSA) is 64.8 Å². The Morgan fingerprint density at radius 2 is 1.85 bits per heavy atom. The Morgan fingerprint density at radius 1 is 1.09 bits per heavy atom. The maximum Gasteiger partial charge on any atom is 0.248 e. The molecule has 178 valence electrons. The lowest BCUT2D eigenvalue weighted by molar-refractivity contribution is 0.100. The molecular weight excluding hydrogens is 478 g/mol. The molecule has 8 heteroatoms. The predicted octanol–water partition coefficient (Wildman–Crippen LogP) is 6.42. The molecule has 1 amide bonds. The number of carbonyl (C=O) groups is 1. The SMILES string of the molecule is C=C(c1c(F)cccc1Cl)N(C)c1ccc(-c2cc(C(N)=O)ccc2Cl)cc1OCCCOC. The number of anilines is 1. The van der Waals surface area contributed by atoms with Crippen molar-refractivity contribution in [2.45, 2.75) is 6.42 Å². The first-order valence-electron chi connectivity index (χ1n) is 10.5. The number of hydrogen-bond acceptors (Lipinski definition) is 4. The van der Waals surface area contributed by atoms with E-state index in [9.17, 15) is 9.18 Å². The van der Waals surface area contributed by atoms with Crippen LogP contribution >= 0.6 is 23.2 Å². The molecular formula is C26H25Cl2FN2O3. The van der Waals surface area contributed by atoms with Gasteiger partial charge in [0.1, 0.15) is 11.6 Å². The van der Waals surface area contributed by atoms with Gasteiger partial charge in [-0.15, -0.1) is 0 Å². The molecule has 0 unspecified atom stereocenters. The van der Waals surface area contributed by atoms with Crippen LogP contribution in [0.25, 0.3) is 16.8 Å². The molecule has 34 heavy (non-hydrogen) atoms. The van der Waals surface area contributed by atoms with Gasteiger partial charge in [0.05, 0.1) is 22.9 Å². The molecule has 0 aliphatic rings. The third-order valence-corrected chi connectivity index (χ3v) is 5.93. The number of nitrogens with two attached hydrogens (primary N) is 1. The van der Waals surface area contributed by atoms with Crippen LogP contribution in [0.5, 0.6) is 5.75 Å². The maximum absolute atomic E-state index is 14.5. The highest BCUT2D eigenvalue weighted by Gasteiger charge is 2.19. The van der Waals surface area contributed by atoms with Gasteiger partial charge in [0.15, 0.2) is 0 Å². The van der Waals surface area contributed by atoms with E-state index in [0.29, 0.717) is 52.9 Å². The van der Waals surface area contributed by atoms with Gasteiger partial charge in [0, 0.05) is 49.0 Å². The maximum atomic E-state index is 14.5. The molecule has 0 heterocycles. The minimum Gasteiger partial charge on any atom is -0.491 e. The highest BCUT2D eigenvalue weighted by atomic mass is 35.5. The molecule has 0 bridgehead atoms. The van der Waals surface area contributed by atoms with Crippen LogP contribution in [0.15, 0.2) is 61.2 Å². The van der Waals surface area contributed by atoms with Crippen LogP contribution in [-0.2, 0) is 4.74 Å². The normalized spacial score (nSPS) is 10.7. The van der Waals surface area contributed by atoms with Crippen molar-refractivity contribution in [1.82, 2.24) is 0 Å². The number of halogens is 3. The molecule has 0 fully saturated rings. The quantitative estimate of drug-likeness (QED) is 0.324. The van der Waals surface area contributed by atoms with Crippen molar-refractivity contribution in [3.63, 3.8) is 0 Å². The smallest absolute Gasteiger partial charge is 0.248 e. The lowest BCUT2D eigenvalue weighted by atomic mass is 10.0. The molecule has 0 aromatic heterocycles. The van der Waals surface area contributed by atoms with Crippen LogP contribution in [0.4, 0.5) is 10.1 Å². The van der Waals surface area contributed by atoms with Gasteiger partial charge in [-0.3, -0.25) is 4.79 Å². The minimum absolute atomic E-state index is 0.207. The average molecular weight is 503 g/mol. The van der Waals surface area contributed by atoms with Gasteiger partial charge < -0.3 is 20.1 Å². The van der Waals surface area contributed by atoms with E-state index >= 15 is 0 Å². The van der Waals surface area contributed by atoms with E-state index in [1.807, 2.05) is 12.1 Å².